The summed E-state index contributed by atoms with van der Waals surface area (Å²) in [7, 11) is 0. The maximum Gasteiger partial charge on any atom is 0.272 e. The summed E-state index contributed by atoms with van der Waals surface area (Å²) in [6.45, 7) is 8.24. The quantitative estimate of drug-likeness (QED) is 0.684. The number of hydrogen-bond acceptors (Lipinski definition) is 4. The molecule has 28 heavy (non-hydrogen) atoms. The Morgan fingerprint density at radius 3 is 2.43 bits per heavy atom. The van der Waals surface area contributed by atoms with E-state index in [9.17, 15) is 4.79 Å². The van der Waals surface area contributed by atoms with E-state index in [0.29, 0.717) is 31.9 Å². The Bertz CT molecular complexity index is 988. The molecule has 2 aromatic heterocycles. The number of benzene rings is 1. The number of amides is 1. The van der Waals surface area contributed by atoms with Crippen LogP contribution < -0.4 is 4.74 Å². The lowest BCUT2D eigenvalue weighted by Gasteiger charge is -2.27. The Morgan fingerprint density at radius 2 is 1.71 bits per heavy atom. The number of carbonyl (C=O) groups excluding carboxylic acids is 1. The number of carbonyl (C=O) groups is 1. The Morgan fingerprint density at radius 1 is 1.00 bits per heavy atom. The molecule has 6 nitrogen and oxygen atoms in total. The van der Waals surface area contributed by atoms with Crippen LogP contribution in [0.25, 0.3) is 0 Å². The van der Waals surface area contributed by atoms with Gasteiger partial charge in [-0.1, -0.05) is 29.8 Å². The van der Waals surface area contributed by atoms with Crippen LogP contribution in [-0.2, 0) is 19.7 Å². The normalized spacial score (nSPS) is 13.5. The number of aromatic nitrogens is 3. The van der Waals surface area contributed by atoms with Gasteiger partial charge in [0.05, 0.1) is 6.54 Å². The molecule has 1 aliphatic heterocycles. The molecule has 0 spiro atoms. The van der Waals surface area contributed by atoms with Gasteiger partial charge in [-0.15, -0.1) is 0 Å². The number of rotatable bonds is 5. The van der Waals surface area contributed by atoms with Gasteiger partial charge in [0.25, 0.3) is 5.91 Å². The van der Waals surface area contributed by atoms with Crippen molar-refractivity contribution in [1.82, 2.24) is 19.7 Å². The molecule has 6 heteroatoms. The van der Waals surface area contributed by atoms with E-state index in [1.165, 1.54) is 5.56 Å². The minimum Gasteiger partial charge on any atom is -0.487 e. The standard InChI is InChI=1S/C22H24N4O2/c1-15-4-6-18(7-5-15)13-25-8-9-26-21(22(25)27)12-19(24-26)14-28-20-10-16(2)23-17(3)11-20/h4-7,10-12H,8-9,13-14H2,1-3H3. The molecular weight excluding hydrogens is 352 g/mol. The van der Waals surface area contributed by atoms with Gasteiger partial charge in [-0.25, -0.2) is 0 Å². The highest BCUT2D eigenvalue weighted by Crippen LogP contribution is 2.19. The molecule has 3 heterocycles. The zero-order chi connectivity index (χ0) is 19.7. The van der Waals surface area contributed by atoms with Gasteiger partial charge >= 0.3 is 0 Å². The molecule has 0 N–H and O–H groups in total. The first-order chi connectivity index (χ1) is 13.5. The van der Waals surface area contributed by atoms with E-state index >= 15 is 0 Å². The van der Waals surface area contributed by atoms with Crippen LogP contribution in [-0.4, -0.2) is 32.1 Å². The van der Waals surface area contributed by atoms with Crippen molar-refractivity contribution in [3.05, 3.63) is 76.4 Å². The molecule has 0 bridgehead atoms. The van der Waals surface area contributed by atoms with E-state index in [-0.39, 0.29) is 5.91 Å². The highest BCUT2D eigenvalue weighted by Gasteiger charge is 2.26. The number of nitrogens with zero attached hydrogens (tertiary/aromatic N) is 4. The number of pyridine rings is 1. The van der Waals surface area contributed by atoms with Gasteiger partial charge in [0.2, 0.25) is 0 Å². The average molecular weight is 376 g/mol. The molecule has 4 rings (SSSR count). The van der Waals surface area contributed by atoms with Crippen LogP contribution in [0.4, 0.5) is 0 Å². The fourth-order valence-corrected chi connectivity index (χ4v) is 3.46. The average Bonchev–Trinajstić information content (AvgIpc) is 3.07. The third-order valence-corrected chi connectivity index (χ3v) is 4.85. The van der Waals surface area contributed by atoms with Crippen molar-refractivity contribution in [2.75, 3.05) is 6.54 Å². The monoisotopic (exact) mass is 376 g/mol. The van der Waals surface area contributed by atoms with E-state index in [2.05, 4.69) is 41.3 Å². The smallest absolute Gasteiger partial charge is 0.272 e. The fraction of sp³-hybridized carbons (Fsp3) is 0.318. The molecule has 0 unspecified atom stereocenters. The van der Waals surface area contributed by atoms with Gasteiger partial charge in [0, 0.05) is 36.6 Å². The van der Waals surface area contributed by atoms with Crippen molar-refractivity contribution in [1.29, 1.82) is 0 Å². The van der Waals surface area contributed by atoms with E-state index in [1.807, 2.05) is 36.9 Å². The van der Waals surface area contributed by atoms with Crippen LogP contribution >= 0.6 is 0 Å². The van der Waals surface area contributed by atoms with Crippen LogP contribution in [0.1, 0.15) is 38.7 Å². The summed E-state index contributed by atoms with van der Waals surface area (Å²) < 4.78 is 7.65. The van der Waals surface area contributed by atoms with Gasteiger partial charge in [0.15, 0.2) is 0 Å². The zero-order valence-electron chi connectivity index (χ0n) is 16.5. The second-order valence-electron chi connectivity index (χ2n) is 7.33. The lowest BCUT2D eigenvalue weighted by atomic mass is 10.1. The molecule has 0 aliphatic carbocycles. The number of ether oxygens (including phenoxy) is 1. The number of aryl methyl sites for hydroxylation is 3. The summed E-state index contributed by atoms with van der Waals surface area (Å²) in [4.78, 5) is 19.1. The summed E-state index contributed by atoms with van der Waals surface area (Å²) in [6.07, 6.45) is 0. The molecule has 1 amide bonds. The van der Waals surface area contributed by atoms with Crippen LogP contribution in [0.3, 0.4) is 0 Å². The molecule has 0 atom stereocenters. The van der Waals surface area contributed by atoms with Crippen LogP contribution in [0.2, 0.25) is 0 Å². The maximum atomic E-state index is 12.9. The lowest BCUT2D eigenvalue weighted by Crippen LogP contribution is -2.39. The molecule has 3 aromatic rings. The van der Waals surface area contributed by atoms with Gasteiger partial charge in [-0.05, 0) is 32.4 Å². The lowest BCUT2D eigenvalue weighted by molar-refractivity contribution is 0.0683. The van der Waals surface area contributed by atoms with Gasteiger partial charge in [0.1, 0.15) is 23.7 Å². The highest BCUT2D eigenvalue weighted by molar-refractivity contribution is 5.93. The maximum absolute atomic E-state index is 12.9. The van der Waals surface area contributed by atoms with Gasteiger partial charge in [-0.2, -0.15) is 5.10 Å². The molecular formula is C22H24N4O2. The van der Waals surface area contributed by atoms with Crippen molar-refractivity contribution in [2.45, 2.75) is 40.5 Å². The second-order valence-corrected chi connectivity index (χ2v) is 7.33. The first-order valence-electron chi connectivity index (χ1n) is 9.47. The zero-order valence-corrected chi connectivity index (χ0v) is 16.5. The Labute approximate surface area is 164 Å². The summed E-state index contributed by atoms with van der Waals surface area (Å²) >= 11 is 0. The minimum atomic E-state index is 0.0150. The first kappa shape index (κ1) is 18.2. The molecule has 0 saturated heterocycles. The van der Waals surface area contributed by atoms with Gasteiger partial charge in [-0.3, -0.25) is 14.5 Å². The molecule has 0 saturated carbocycles. The predicted molar refractivity (Wildman–Crippen MR) is 106 cm³/mol. The first-order valence-corrected chi connectivity index (χ1v) is 9.47. The highest BCUT2D eigenvalue weighted by atomic mass is 16.5. The van der Waals surface area contributed by atoms with E-state index in [4.69, 9.17) is 4.74 Å². The van der Waals surface area contributed by atoms with E-state index in [0.717, 1.165) is 28.4 Å². The second kappa shape index (κ2) is 7.46. The Kier molecular flexibility index (Phi) is 4.86. The van der Waals surface area contributed by atoms with Crippen molar-refractivity contribution >= 4 is 5.91 Å². The molecule has 0 radical (unpaired) electrons. The van der Waals surface area contributed by atoms with Crippen molar-refractivity contribution in [3.8, 4) is 5.75 Å². The van der Waals surface area contributed by atoms with E-state index < -0.39 is 0 Å². The van der Waals surface area contributed by atoms with Crippen LogP contribution in [0, 0.1) is 20.8 Å². The fourth-order valence-electron chi connectivity index (χ4n) is 3.46. The third kappa shape index (κ3) is 3.91. The van der Waals surface area contributed by atoms with Crippen molar-refractivity contribution in [3.63, 3.8) is 0 Å². The number of fused-ring (bicyclic) bond motifs is 1. The predicted octanol–water partition coefficient (Wildman–Crippen LogP) is 3.44. The largest absolute Gasteiger partial charge is 0.487 e. The Balaban J connectivity index is 1.44. The molecule has 0 fully saturated rings. The van der Waals surface area contributed by atoms with E-state index in [1.54, 1.807) is 4.68 Å². The van der Waals surface area contributed by atoms with Gasteiger partial charge < -0.3 is 9.64 Å². The number of hydrogen-bond donors (Lipinski definition) is 0. The molecule has 1 aromatic carbocycles. The summed E-state index contributed by atoms with van der Waals surface area (Å²) in [5, 5.41) is 4.54. The Hall–Kier alpha value is -3.15. The van der Waals surface area contributed by atoms with Crippen LogP contribution in [0.15, 0.2) is 42.5 Å². The minimum absolute atomic E-state index is 0.0150. The topological polar surface area (TPSA) is 60.3 Å². The summed E-state index contributed by atoms with van der Waals surface area (Å²) in [6, 6.07) is 13.9. The van der Waals surface area contributed by atoms with Crippen molar-refractivity contribution < 1.29 is 9.53 Å². The van der Waals surface area contributed by atoms with Crippen molar-refractivity contribution in [2.24, 2.45) is 0 Å². The molecule has 144 valence electrons. The SMILES string of the molecule is Cc1ccc(CN2CCn3nc(COc4cc(C)nc(C)c4)cc3C2=O)cc1. The van der Waals surface area contributed by atoms with Crippen LogP contribution in [0.5, 0.6) is 5.75 Å². The molecule has 1 aliphatic rings. The summed E-state index contributed by atoms with van der Waals surface area (Å²) in [5.41, 5.74) is 5.57. The third-order valence-electron chi connectivity index (χ3n) is 4.85. The summed E-state index contributed by atoms with van der Waals surface area (Å²) in [5.74, 6) is 0.782.